The van der Waals surface area contributed by atoms with Crippen LogP contribution in [-0.2, 0) is 4.79 Å². The topological polar surface area (TPSA) is 43.1 Å². The number of carbonyl (C=O) groups is 1. The van der Waals surface area contributed by atoms with E-state index in [9.17, 15) is 18.0 Å². The van der Waals surface area contributed by atoms with Crippen molar-refractivity contribution in [3.05, 3.63) is 0 Å². The van der Waals surface area contributed by atoms with E-state index < -0.39 is 12.6 Å². The summed E-state index contributed by atoms with van der Waals surface area (Å²) in [5.74, 6) is -0.217. The maximum atomic E-state index is 11.9. The van der Waals surface area contributed by atoms with Crippen molar-refractivity contribution in [3.8, 4) is 0 Å². The molecule has 21 heavy (non-hydrogen) atoms. The molecule has 0 fully saturated rings. The summed E-state index contributed by atoms with van der Waals surface area (Å²) in [5, 5.41) is 0. The molecule has 0 aliphatic carbocycles. The first-order chi connectivity index (χ1) is 9.92. The number of halogens is 3. The maximum Gasteiger partial charge on any atom is 0.389 e. The van der Waals surface area contributed by atoms with Gasteiger partial charge in [0, 0.05) is 12.8 Å². The second kappa shape index (κ2) is 13.0. The van der Waals surface area contributed by atoms with Gasteiger partial charge < -0.3 is 5.73 Å². The third-order valence-corrected chi connectivity index (χ3v) is 3.63. The minimum atomic E-state index is -3.99. The fourth-order valence-electron chi connectivity index (χ4n) is 2.39. The van der Waals surface area contributed by atoms with E-state index in [2.05, 4.69) is 0 Å². The summed E-state index contributed by atoms with van der Waals surface area (Å²) in [5.41, 5.74) is 5.06. The summed E-state index contributed by atoms with van der Waals surface area (Å²) < 4.78 is 35.7. The molecule has 0 rings (SSSR count). The van der Waals surface area contributed by atoms with Crippen LogP contribution in [0.5, 0.6) is 0 Å². The van der Waals surface area contributed by atoms with Crippen LogP contribution in [-0.4, -0.2) is 12.1 Å². The molecule has 2 nitrogen and oxygen atoms in total. The predicted molar refractivity (Wildman–Crippen MR) is 79.9 cm³/mol. The number of alkyl halides is 3. The highest BCUT2D eigenvalue weighted by Gasteiger charge is 2.25. The number of carbonyl (C=O) groups excluding carboxylic acids is 1. The highest BCUT2D eigenvalue weighted by molar-refractivity contribution is 5.73. The van der Waals surface area contributed by atoms with Crippen molar-refractivity contribution in [1.29, 1.82) is 0 Å². The molecule has 0 aromatic heterocycles. The van der Waals surface area contributed by atoms with E-state index in [1.807, 2.05) is 0 Å². The molecule has 0 atom stereocenters. The number of nitrogens with two attached hydrogens (primary N) is 1. The van der Waals surface area contributed by atoms with Gasteiger partial charge in [0.15, 0.2) is 0 Å². The van der Waals surface area contributed by atoms with Crippen LogP contribution in [0.4, 0.5) is 13.2 Å². The Morgan fingerprint density at radius 2 is 1.00 bits per heavy atom. The lowest BCUT2D eigenvalue weighted by Crippen LogP contribution is -2.09. The predicted octanol–water partition coefficient (Wildman–Crippen LogP) is 5.50. The van der Waals surface area contributed by atoms with E-state index >= 15 is 0 Å². The Bertz CT molecular complexity index is 254. The summed E-state index contributed by atoms with van der Waals surface area (Å²) in [6.45, 7) is 0. The average molecular weight is 309 g/mol. The molecule has 5 heteroatoms. The van der Waals surface area contributed by atoms with Gasteiger partial charge in [-0.1, -0.05) is 64.2 Å². The minimum Gasteiger partial charge on any atom is -0.370 e. The Morgan fingerprint density at radius 1 is 0.667 bits per heavy atom. The first-order valence-electron chi connectivity index (χ1n) is 8.27. The molecule has 0 heterocycles. The lowest BCUT2D eigenvalue weighted by atomic mass is 10.0. The van der Waals surface area contributed by atoms with Gasteiger partial charge >= 0.3 is 6.18 Å². The van der Waals surface area contributed by atoms with E-state index in [1.165, 1.54) is 25.7 Å². The molecule has 0 saturated heterocycles. The Kier molecular flexibility index (Phi) is 12.5. The molecule has 0 bridgehead atoms. The van der Waals surface area contributed by atoms with Crippen LogP contribution in [0.3, 0.4) is 0 Å². The molecule has 0 aliphatic rings. The van der Waals surface area contributed by atoms with Crippen LogP contribution in [0.15, 0.2) is 0 Å². The normalized spacial score (nSPS) is 11.8. The fourth-order valence-corrected chi connectivity index (χ4v) is 2.39. The smallest absolute Gasteiger partial charge is 0.370 e. The Balaban J connectivity index is 3.04. The highest BCUT2D eigenvalue weighted by Crippen LogP contribution is 2.23. The summed E-state index contributed by atoms with van der Waals surface area (Å²) in [6, 6.07) is 0. The molecule has 0 saturated carbocycles. The van der Waals surface area contributed by atoms with E-state index in [0.717, 1.165) is 38.5 Å². The Hall–Kier alpha value is -0.740. The van der Waals surface area contributed by atoms with Gasteiger partial charge in [-0.3, -0.25) is 4.79 Å². The lowest BCUT2D eigenvalue weighted by Gasteiger charge is -2.05. The van der Waals surface area contributed by atoms with Gasteiger partial charge in [0.1, 0.15) is 0 Å². The van der Waals surface area contributed by atoms with Gasteiger partial charge in [-0.15, -0.1) is 0 Å². The Morgan fingerprint density at radius 3 is 1.33 bits per heavy atom. The molecule has 0 aromatic rings. The quantitative estimate of drug-likeness (QED) is 0.423. The number of hydrogen-bond donors (Lipinski definition) is 1. The molecule has 0 radical (unpaired) electrons. The standard InChI is InChI=1S/C16H30F3NO/c17-16(18,19)14-12-10-8-6-4-2-1-3-5-7-9-11-13-15(20)21/h1-14H2,(H2,20,21). The highest BCUT2D eigenvalue weighted by atomic mass is 19.4. The third kappa shape index (κ3) is 19.3. The fraction of sp³-hybridized carbons (Fsp3) is 0.938. The number of rotatable bonds is 14. The zero-order valence-electron chi connectivity index (χ0n) is 13.0. The number of hydrogen-bond acceptors (Lipinski definition) is 1. The van der Waals surface area contributed by atoms with Gasteiger partial charge in [-0.05, 0) is 12.8 Å². The monoisotopic (exact) mass is 309 g/mol. The van der Waals surface area contributed by atoms with Crippen LogP contribution < -0.4 is 5.73 Å². The van der Waals surface area contributed by atoms with Crippen LogP contribution in [0.1, 0.15) is 89.9 Å². The van der Waals surface area contributed by atoms with Crippen molar-refractivity contribution >= 4 is 5.91 Å². The number of unbranched alkanes of at least 4 members (excludes halogenated alkanes) is 11. The van der Waals surface area contributed by atoms with Crippen molar-refractivity contribution < 1.29 is 18.0 Å². The number of primary amides is 1. The zero-order valence-corrected chi connectivity index (χ0v) is 13.0. The van der Waals surface area contributed by atoms with E-state index in [1.54, 1.807) is 0 Å². The number of amides is 1. The van der Waals surface area contributed by atoms with Crippen molar-refractivity contribution in [2.75, 3.05) is 0 Å². The summed E-state index contributed by atoms with van der Waals surface area (Å²) >= 11 is 0. The van der Waals surface area contributed by atoms with Crippen molar-refractivity contribution in [1.82, 2.24) is 0 Å². The molecule has 1 amide bonds. The van der Waals surface area contributed by atoms with Gasteiger partial charge in [-0.25, -0.2) is 0 Å². The maximum absolute atomic E-state index is 11.9. The van der Waals surface area contributed by atoms with E-state index in [-0.39, 0.29) is 12.3 Å². The van der Waals surface area contributed by atoms with Crippen LogP contribution in [0.25, 0.3) is 0 Å². The van der Waals surface area contributed by atoms with Gasteiger partial charge in [0.05, 0.1) is 0 Å². The molecule has 0 unspecified atom stereocenters. The first kappa shape index (κ1) is 20.3. The van der Waals surface area contributed by atoms with Crippen molar-refractivity contribution in [2.45, 2.75) is 96.1 Å². The van der Waals surface area contributed by atoms with Crippen LogP contribution >= 0.6 is 0 Å². The summed E-state index contributed by atoms with van der Waals surface area (Å²) in [4.78, 5) is 10.5. The van der Waals surface area contributed by atoms with Crippen LogP contribution in [0.2, 0.25) is 0 Å². The van der Waals surface area contributed by atoms with Gasteiger partial charge in [0.25, 0.3) is 0 Å². The Labute approximate surface area is 126 Å². The van der Waals surface area contributed by atoms with Crippen molar-refractivity contribution in [2.24, 2.45) is 5.73 Å². The summed E-state index contributed by atoms with van der Waals surface area (Å²) in [7, 11) is 0. The SMILES string of the molecule is NC(=O)CCCCCCCCCCCCCCC(F)(F)F. The van der Waals surface area contributed by atoms with Crippen molar-refractivity contribution in [3.63, 3.8) is 0 Å². The largest absolute Gasteiger partial charge is 0.389 e. The molecule has 0 spiro atoms. The lowest BCUT2D eigenvalue weighted by molar-refractivity contribution is -0.135. The molecular formula is C16H30F3NO. The third-order valence-electron chi connectivity index (χ3n) is 3.63. The molecular weight excluding hydrogens is 279 g/mol. The summed E-state index contributed by atoms with van der Waals surface area (Å²) in [6.07, 6.45) is 7.87. The molecule has 0 aliphatic heterocycles. The molecule has 0 aromatic carbocycles. The van der Waals surface area contributed by atoms with Gasteiger partial charge in [0.2, 0.25) is 5.91 Å². The second-order valence-electron chi connectivity index (χ2n) is 5.82. The van der Waals surface area contributed by atoms with Crippen LogP contribution in [0, 0.1) is 0 Å². The molecule has 2 N–H and O–H groups in total. The zero-order chi connectivity index (χ0) is 16.0. The molecule has 126 valence electrons. The second-order valence-corrected chi connectivity index (χ2v) is 5.82. The first-order valence-corrected chi connectivity index (χ1v) is 8.27. The van der Waals surface area contributed by atoms with Gasteiger partial charge in [-0.2, -0.15) is 13.2 Å². The van der Waals surface area contributed by atoms with E-state index in [4.69, 9.17) is 5.73 Å². The minimum absolute atomic E-state index is 0.217. The average Bonchev–Trinajstić information content (AvgIpc) is 2.37. The van der Waals surface area contributed by atoms with E-state index in [0.29, 0.717) is 12.8 Å².